The summed E-state index contributed by atoms with van der Waals surface area (Å²) in [4.78, 5) is 12.3. The number of benzene rings is 3. The second-order valence-corrected chi connectivity index (χ2v) is 8.05. The smallest absolute Gasteiger partial charge is 0.416 e. The molecule has 0 saturated heterocycles. The van der Waals surface area contributed by atoms with E-state index < -0.39 is 27.7 Å². The van der Waals surface area contributed by atoms with E-state index in [2.05, 4.69) is 10.0 Å². The van der Waals surface area contributed by atoms with E-state index in [0.29, 0.717) is 5.75 Å². The molecule has 0 saturated carbocycles. The predicted molar refractivity (Wildman–Crippen MR) is 110 cm³/mol. The van der Waals surface area contributed by atoms with E-state index in [4.69, 9.17) is 4.74 Å². The first-order valence-corrected chi connectivity index (χ1v) is 10.3. The second-order valence-electron chi connectivity index (χ2n) is 6.37. The molecule has 31 heavy (non-hydrogen) atoms. The summed E-state index contributed by atoms with van der Waals surface area (Å²) in [6.07, 6.45) is -4.56. The van der Waals surface area contributed by atoms with Crippen molar-refractivity contribution in [1.29, 1.82) is 0 Å². The first-order chi connectivity index (χ1) is 14.6. The largest absolute Gasteiger partial charge is 0.495 e. The maximum atomic E-state index is 12.9. The van der Waals surface area contributed by atoms with Gasteiger partial charge in [0.05, 0.1) is 23.3 Å². The van der Waals surface area contributed by atoms with E-state index in [1.54, 1.807) is 18.2 Å². The summed E-state index contributed by atoms with van der Waals surface area (Å²) in [6, 6.07) is 15.7. The van der Waals surface area contributed by atoms with Crippen molar-refractivity contribution < 1.29 is 31.1 Å². The lowest BCUT2D eigenvalue weighted by atomic mass is 10.1. The number of carbonyl (C=O) groups excluding carboxylic acids is 1. The van der Waals surface area contributed by atoms with Crippen LogP contribution in [-0.4, -0.2) is 21.4 Å². The molecule has 0 spiro atoms. The Morgan fingerprint density at radius 2 is 1.65 bits per heavy atom. The Bertz CT molecular complexity index is 1210. The Labute approximate surface area is 176 Å². The minimum Gasteiger partial charge on any atom is -0.495 e. The highest BCUT2D eigenvalue weighted by Crippen LogP contribution is 2.31. The predicted octanol–water partition coefficient (Wildman–Crippen LogP) is 4.77. The van der Waals surface area contributed by atoms with Gasteiger partial charge in [-0.1, -0.05) is 24.3 Å². The molecule has 0 fully saturated rings. The summed E-state index contributed by atoms with van der Waals surface area (Å²) in [5.41, 5.74) is -0.813. The van der Waals surface area contributed by atoms with Crippen LogP contribution < -0.4 is 14.8 Å². The van der Waals surface area contributed by atoms with Crippen molar-refractivity contribution in [2.75, 3.05) is 17.1 Å². The van der Waals surface area contributed by atoms with Crippen molar-refractivity contribution in [2.24, 2.45) is 0 Å². The van der Waals surface area contributed by atoms with Crippen molar-refractivity contribution >= 4 is 27.3 Å². The third-order valence-corrected chi connectivity index (χ3v) is 5.57. The fourth-order valence-electron chi connectivity index (χ4n) is 2.71. The Morgan fingerprint density at radius 1 is 0.935 bits per heavy atom. The van der Waals surface area contributed by atoms with Crippen LogP contribution in [-0.2, 0) is 16.2 Å². The Kier molecular flexibility index (Phi) is 6.21. The zero-order valence-electron chi connectivity index (χ0n) is 16.1. The molecule has 0 aliphatic rings. The van der Waals surface area contributed by atoms with Crippen LogP contribution in [0.15, 0.2) is 77.7 Å². The molecule has 0 aliphatic heterocycles. The summed E-state index contributed by atoms with van der Waals surface area (Å²) in [6.45, 7) is 0. The number of halogens is 3. The highest BCUT2D eigenvalue weighted by Gasteiger charge is 2.30. The van der Waals surface area contributed by atoms with E-state index >= 15 is 0 Å². The first kappa shape index (κ1) is 22.2. The summed E-state index contributed by atoms with van der Waals surface area (Å²) >= 11 is 0. The van der Waals surface area contributed by atoms with Crippen molar-refractivity contribution in [3.05, 3.63) is 83.9 Å². The van der Waals surface area contributed by atoms with Crippen molar-refractivity contribution in [3.8, 4) is 5.75 Å². The minimum absolute atomic E-state index is 0.0414. The molecule has 3 rings (SSSR count). The number of hydrogen-bond acceptors (Lipinski definition) is 4. The van der Waals surface area contributed by atoms with Gasteiger partial charge in [0.25, 0.3) is 15.9 Å². The topological polar surface area (TPSA) is 84.5 Å². The third kappa shape index (κ3) is 5.34. The maximum Gasteiger partial charge on any atom is 0.416 e. The van der Waals surface area contributed by atoms with Crippen LogP contribution in [0.5, 0.6) is 5.75 Å². The lowest BCUT2D eigenvalue weighted by Gasteiger charge is -2.13. The van der Waals surface area contributed by atoms with Gasteiger partial charge in [-0.15, -0.1) is 0 Å². The van der Waals surface area contributed by atoms with Crippen LogP contribution in [0.4, 0.5) is 24.5 Å². The van der Waals surface area contributed by atoms with Crippen molar-refractivity contribution in [3.63, 3.8) is 0 Å². The average Bonchev–Trinajstić information content (AvgIpc) is 2.73. The zero-order chi connectivity index (χ0) is 22.6. The molecule has 1 amide bonds. The number of methoxy groups -OCH3 is 1. The molecule has 0 radical (unpaired) electrons. The second kappa shape index (κ2) is 8.68. The van der Waals surface area contributed by atoms with Gasteiger partial charge < -0.3 is 10.1 Å². The van der Waals surface area contributed by atoms with Gasteiger partial charge in [0.15, 0.2) is 0 Å². The standard InChI is InChI=1S/C21H17F3N2O4S/c1-30-19-11-3-2-10-18(19)26-31(28,29)17-9-4-6-14(12-17)20(27)25-16-8-5-7-15(13-16)21(22,23)24/h2-13,26H,1H3,(H,25,27). The number of para-hydroxylation sites is 2. The SMILES string of the molecule is COc1ccccc1NS(=O)(=O)c1cccc(C(=O)Nc2cccc(C(F)(F)F)c2)c1. The number of amides is 1. The molecule has 162 valence electrons. The summed E-state index contributed by atoms with van der Waals surface area (Å²) < 4.78 is 71.5. The van der Waals surface area contributed by atoms with Gasteiger partial charge in [0, 0.05) is 11.3 Å². The number of ether oxygens (including phenoxy) is 1. The minimum atomic E-state index is -4.56. The number of sulfonamides is 1. The highest BCUT2D eigenvalue weighted by atomic mass is 32.2. The number of hydrogen-bond donors (Lipinski definition) is 2. The molecule has 0 aliphatic carbocycles. The van der Waals surface area contributed by atoms with E-state index in [9.17, 15) is 26.4 Å². The lowest BCUT2D eigenvalue weighted by Crippen LogP contribution is -2.16. The van der Waals surface area contributed by atoms with Crippen LogP contribution in [0, 0.1) is 0 Å². The normalized spacial score (nSPS) is 11.6. The monoisotopic (exact) mass is 450 g/mol. The van der Waals surface area contributed by atoms with Gasteiger partial charge in [0.1, 0.15) is 5.75 Å². The molecule has 3 aromatic rings. The number of nitrogens with one attached hydrogen (secondary N) is 2. The van der Waals surface area contributed by atoms with Gasteiger partial charge in [-0.05, 0) is 48.5 Å². The fourth-order valence-corrected chi connectivity index (χ4v) is 3.83. The van der Waals surface area contributed by atoms with Gasteiger partial charge in [0.2, 0.25) is 0 Å². The van der Waals surface area contributed by atoms with Crippen molar-refractivity contribution in [2.45, 2.75) is 11.1 Å². The molecular formula is C21H17F3N2O4S. The Morgan fingerprint density at radius 3 is 2.35 bits per heavy atom. The Balaban J connectivity index is 1.83. The van der Waals surface area contributed by atoms with E-state index in [-0.39, 0.29) is 21.8 Å². The van der Waals surface area contributed by atoms with Crippen molar-refractivity contribution in [1.82, 2.24) is 0 Å². The van der Waals surface area contributed by atoms with E-state index in [1.165, 1.54) is 37.4 Å². The number of anilines is 2. The number of rotatable bonds is 6. The van der Waals surface area contributed by atoms with Crippen LogP contribution >= 0.6 is 0 Å². The molecule has 10 heteroatoms. The molecule has 0 unspecified atom stereocenters. The molecule has 6 nitrogen and oxygen atoms in total. The van der Waals surface area contributed by atoms with E-state index in [0.717, 1.165) is 24.3 Å². The van der Waals surface area contributed by atoms with E-state index in [1.807, 2.05) is 0 Å². The van der Waals surface area contributed by atoms with Crippen LogP contribution in [0.1, 0.15) is 15.9 Å². The molecule has 0 aromatic heterocycles. The lowest BCUT2D eigenvalue weighted by molar-refractivity contribution is -0.137. The number of alkyl halides is 3. The van der Waals surface area contributed by atoms with Crippen LogP contribution in [0.3, 0.4) is 0 Å². The zero-order valence-corrected chi connectivity index (χ0v) is 16.9. The van der Waals surface area contributed by atoms with Crippen LogP contribution in [0.2, 0.25) is 0 Å². The first-order valence-electron chi connectivity index (χ1n) is 8.85. The molecular weight excluding hydrogens is 433 g/mol. The fraction of sp³-hybridized carbons (Fsp3) is 0.0952. The molecule has 0 heterocycles. The van der Waals surface area contributed by atoms with Gasteiger partial charge >= 0.3 is 6.18 Å². The van der Waals surface area contributed by atoms with Gasteiger partial charge in [-0.25, -0.2) is 8.42 Å². The maximum absolute atomic E-state index is 12.9. The third-order valence-electron chi connectivity index (χ3n) is 4.21. The summed E-state index contributed by atoms with van der Waals surface area (Å²) in [5.74, 6) is -0.446. The highest BCUT2D eigenvalue weighted by molar-refractivity contribution is 7.92. The van der Waals surface area contributed by atoms with Gasteiger partial charge in [-0.2, -0.15) is 13.2 Å². The quantitative estimate of drug-likeness (QED) is 0.567. The van der Waals surface area contributed by atoms with Gasteiger partial charge in [-0.3, -0.25) is 9.52 Å². The molecule has 2 N–H and O–H groups in total. The molecule has 0 bridgehead atoms. The summed E-state index contributed by atoms with van der Waals surface area (Å²) in [7, 11) is -2.66. The average molecular weight is 450 g/mol. The van der Waals surface area contributed by atoms with Crippen LogP contribution in [0.25, 0.3) is 0 Å². The molecule has 0 atom stereocenters. The Hall–Kier alpha value is -3.53. The molecule has 3 aromatic carbocycles. The summed E-state index contributed by atoms with van der Waals surface area (Å²) in [5, 5.41) is 2.34. The number of carbonyl (C=O) groups is 1.